The van der Waals surface area contributed by atoms with E-state index in [1.807, 2.05) is 0 Å². The predicted molar refractivity (Wildman–Crippen MR) is 89.4 cm³/mol. The number of unbranched alkanes of at least 4 members (excludes halogenated alkanes) is 1. The Morgan fingerprint density at radius 2 is 1.88 bits per heavy atom. The van der Waals surface area contributed by atoms with Crippen LogP contribution in [0.15, 0.2) is 47.6 Å². The number of benzene rings is 1. The first-order chi connectivity index (χ1) is 12.0. The van der Waals surface area contributed by atoms with Crippen molar-refractivity contribution in [2.45, 2.75) is 29.4 Å². The maximum absolute atomic E-state index is 14.2. The zero-order chi connectivity index (χ0) is 18.3. The lowest BCUT2D eigenvalue weighted by Gasteiger charge is -2.19. The summed E-state index contributed by atoms with van der Waals surface area (Å²) in [7, 11) is -2.40. The van der Waals surface area contributed by atoms with E-state index in [-0.39, 0.29) is 16.9 Å². The van der Waals surface area contributed by atoms with Gasteiger partial charge < -0.3 is 4.84 Å². The van der Waals surface area contributed by atoms with Gasteiger partial charge in [0.2, 0.25) is 0 Å². The molecule has 0 aliphatic carbocycles. The molecule has 1 N–H and O–H groups in total. The van der Waals surface area contributed by atoms with Gasteiger partial charge in [0, 0.05) is 24.5 Å². The van der Waals surface area contributed by atoms with Crippen molar-refractivity contribution in [3.8, 4) is 0 Å². The molecule has 0 amide bonds. The molecule has 1 unspecified atom stereocenters. The zero-order valence-electron chi connectivity index (χ0n) is 13.8. The molecular formula is C17H20F2N2O3S. The largest absolute Gasteiger partial charge is 0.305 e. The van der Waals surface area contributed by atoms with E-state index in [4.69, 9.17) is 4.84 Å². The zero-order valence-corrected chi connectivity index (χ0v) is 14.6. The average molecular weight is 370 g/mol. The predicted octanol–water partition coefficient (Wildman–Crippen LogP) is 3.20. The van der Waals surface area contributed by atoms with Crippen LogP contribution in [-0.2, 0) is 14.7 Å². The van der Waals surface area contributed by atoms with Crippen LogP contribution in [0.4, 0.5) is 8.78 Å². The number of rotatable bonds is 9. The molecule has 1 heterocycles. The molecular weight excluding hydrogens is 350 g/mol. The Kier molecular flexibility index (Phi) is 6.98. The Morgan fingerprint density at radius 1 is 1.16 bits per heavy atom. The van der Waals surface area contributed by atoms with Gasteiger partial charge in [-0.25, -0.2) is 22.7 Å². The smallest absolute Gasteiger partial charge is 0.185 e. The minimum absolute atomic E-state index is 0.0335. The van der Waals surface area contributed by atoms with Crippen LogP contribution in [0.1, 0.15) is 30.1 Å². The van der Waals surface area contributed by atoms with Crippen LogP contribution in [0.3, 0.4) is 0 Å². The van der Waals surface area contributed by atoms with Crippen molar-refractivity contribution in [1.29, 1.82) is 0 Å². The summed E-state index contributed by atoms with van der Waals surface area (Å²) in [6, 6.07) is 5.58. The molecule has 0 saturated carbocycles. The molecule has 0 aliphatic rings. The van der Waals surface area contributed by atoms with Crippen molar-refractivity contribution < 1.29 is 22.0 Å². The second kappa shape index (κ2) is 8.98. The maximum atomic E-state index is 14.2. The van der Waals surface area contributed by atoms with E-state index in [1.54, 1.807) is 0 Å². The van der Waals surface area contributed by atoms with Crippen LogP contribution in [0.25, 0.3) is 0 Å². The van der Waals surface area contributed by atoms with Gasteiger partial charge in [-0.3, -0.25) is 4.98 Å². The quantitative estimate of drug-likeness (QED) is 0.542. The van der Waals surface area contributed by atoms with E-state index in [0.717, 1.165) is 18.2 Å². The molecule has 1 aromatic heterocycles. The number of sulfone groups is 1. The second-order valence-corrected chi connectivity index (χ2v) is 7.61. The molecule has 0 saturated heterocycles. The fourth-order valence-electron chi connectivity index (χ4n) is 2.56. The summed E-state index contributed by atoms with van der Waals surface area (Å²) in [6.45, 7) is 0.532. The van der Waals surface area contributed by atoms with Crippen molar-refractivity contribution >= 4 is 9.84 Å². The lowest BCUT2D eigenvalue weighted by atomic mass is 10.1. The minimum Gasteiger partial charge on any atom is -0.305 e. The number of hydrogen-bond donors (Lipinski definition) is 1. The van der Waals surface area contributed by atoms with Crippen LogP contribution in [0.2, 0.25) is 0 Å². The highest BCUT2D eigenvalue weighted by molar-refractivity contribution is 7.91. The van der Waals surface area contributed by atoms with Gasteiger partial charge in [-0.15, -0.1) is 0 Å². The number of aromatic nitrogens is 1. The number of hydroxylamine groups is 1. The Bertz CT molecular complexity index is 786. The third-order valence-electron chi connectivity index (χ3n) is 3.80. The highest BCUT2D eigenvalue weighted by Gasteiger charge is 2.31. The van der Waals surface area contributed by atoms with E-state index in [2.05, 4.69) is 10.5 Å². The van der Waals surface area contributed by atoms with Gasteiger partial charge in [0.25, 0.3) is 0 Å². The van der Waals surface area contributed by atoms with Crippen LogP contribution in [0.5, 0.6) is 0 Å². The van der Waals surface area contributed by atoms with Gasteiger partial charge in [-0.2, -0.15) is 0 Å². The molecule has 5 nitrogen and oxygen atoms in total. The molecule has 8 heteroatoms. The molecule has 0 aliphatic heterocycles. The third kappa shape index (κ3) is 5.04. The number of halogens is 2. The second-order valence-electron chi connectivity index (χ2n) is 5.48. The molecule has 0 spiro atoms. The lowest BCUT2D eigenvalue weighted by molar-refractivity contribution is 0.0905. The molecule has 1 aromatic carbocycles. The molecule has 25 heavy (non-hydrogen) atoms. The normalized spacial score (nSPS) is 12.9. The summed E-state index contributed by atoms with van der Waals surface area (Å²) in [5.41, 5.74) is 2.50. The summed E-state index contributed by atoms with van der Waals surface area (Å²) in [5, 5.41) is -1.17. The summed E-state index contributed by atoms with van der Waals surface area (Å²) >= 11 is 0. The van der Waals surface area contributed by atoms with Crippen LogP contribution >= 0.6 is 0 Å². The van der Waals surface area contributed by atoms with Crippen LogP contribution in [-0.4, -0.2) is 27.1 Å². The lowest BCUT2D eigenvalue weighted by Crippen LogP contribution is -2.17. The molecule has 136 valence electrons. The first-order valence-electron chi connectivity index (χ1n) is 7.81. The molecule has 2 rings (SSSR count). The Labute approximate surface area is 145 Å². The van der Waals surface area contributed by atoms with E-state index in [1.165, 1.54) is 31.6 Å². The Balaban J connectivity index is 2.33. The molecule has 1 atom stereocenters. The number of nitrogens with zero attached hydrogens (tertiary/aromatic N) is 1. The first kappa shape index (κ1) is 19.4. The van der Waals surface area contributed by atoms with Gasteiger partial charge >= 0.3 is 0 Å². The van der Waals surface area contributed by atoms with Gasteiger partial charge in [0.05, 0.1) is 17.3 Å². The van der Waals surface area contributed by atoms with Crippen molar-refractivity contribution in [3.05, 3.63) is 59.9 Å². The van der Waals surface area contributed by atoms with Gasteiger partial charge in [0.15, 0.2) is 9.84 Å². The molecule has 0 bridgehead atoms. The molecule has 2 aromatic rings. The van der Waals surface area contributed by atoms with Gasteiger partial charge in [0.1, 0.15) is 11.6 Å². The average Bonchev–Trinajstić information content (AvgIpc) is 2.61. The SMILES string of the molecule is CONCCCCC(c1cc(F)ccc1F)S(=O)(=O)c1ccncc1. The van der Waals surface area contributed by atoms with E-state index >= 15 is 0 Å². The van der Waals surface area contributed by atoms with Crippen molar-refractivity contribution in [2.24, 2.45) is 0 Å². The van der Waals surface area contributed by atoms with E-state index in [0.29, 0.717) is 19.4 Å². The maximum Gasteiger partial charge on any atom is 0.185 e. The summed E-state index contributed by atoms with van der Waals surface area (Å²) in [6.07, 6.45) is 4.01. The summed E-state index contributed by atoms with van der Waals surface area (Å²) in [5.74, 6) is -1.41. The standard InChI is InChI=1S/C17H20F2N2O3S/c1-24-21-9-3-2-4-17(15-12-13(18)5-6-16(15)19)25(22,23)14-7-10-20-11-8-14/h5-8,10-12,17,21H,2-4,9H2,1H3. The van der Waals surface area contributed by atoms with Crippen LogP contribution < -0.4 is 5.48 Å². The van der Waals surface area contributed by atoms with Crippen molar-refractivity contribution in [2.75, 3.05) is 13.7 Å². The van der Waals surface area contributed by atoms with Crippen molar-refractivity contribution in [3.63, 3.8) is 0 Å². The number of pyridine rings is 1. The van der Waals surface area contributed by atoms with Gasteiger partial charge in [-0.1, -0.05) is 6.42 Å². The monoisotopic (exact) mass is 370 g/mol. The van der Waals surface area contributed by atoms with Gasteiger partial charge in [-0.05, 0) is 43.2 Å². The fraction of sp³-hybridized carbons (Fsp3) is 0.353. The number of hydrogen-bond acceptors (Lipinski definition) is 5. The highest BCUT2D eigenvalue weighted by atomic mass is 32.2. The number of nitrogens with one attached hydrogen (secondary N) is 1. The fourth-order valence-corrected chi connectivity index (χ4v) is 4.38. The van der Waals surface area contributed by atoms with E-state index < -0.39 is 26.7 Å². The Morgan fingerprint density at radius 3 is 2.56 bits per heavy atom. The summed E-state index contributed by atoms with van der Waals surface area (Å²) < 4.78 is 53.7. The molecule has 0 fully saturated rings. The molecule has 0 radical (unpaired) electrons. The van der Waals surface area contributed by atoms with Crippen LogP contribution in [0, 0.1) is 11.6 Å². The van der Waals surface area contributed by atoms with Crippen molar-refractivity contribution in [1.82, 2.24) is 10.5 Å². The van der Waals surface area contributed by atoms with E-state index in [9.17, 15) is 17.2 Å². The summed E-state index contributed by atoms with van der Waals surface area (Å²) in [4.78, 5) is 8.55. The highest BCUT2D eigenvalue weighted by Crippen LogP contribution is 2.34. The topological polar surface area (TPSA) is 68.3 Å². The third-order valence-corrected chi connectivity index (χ3v) is 5.97. The minimum atomic E-state index is -3.88. The Hall–Kier alpha value is -1.90. The first-order valence-corrected chi connectivity index (χ1v) is 9.36.